The molecule has 1 aliphatic heterocycles. The van der Waals surface area contributed by atoms with Crippen LogP contribution in [0.5, 0.6) is 11.5 Å². The third-order valence-corrected chi connectivity index (χ3v) is 4.98. The molecule has 0 spiro atoms. The monoisotopic (exact) mass is 418 g/mol. The lowest BCUT2D eigenvalue weighted by atomic mass is 10.2. The van der Waals surface area contributed by atoms with Gasteiger partial charge < -0.3 is 24.0 Å². The van der Waals surface area contributed by atoms with Crippen LogP contribution in [0.4, 0.5) is 5.69 Å². The molecular formula is C21H23ClN2O5. The van der Waals surface area contributed by atoms with E-state index in [2.05, 4.69) is 4.90 Å². The second-order valence-electron chi connectivity index (χ2n) is 6.49. The maximum absolute atomic E-state index is 12.5. The molecule has 0 bridgehead atoms. The van der Waals surface area contributed by atoms with Crippen LogP contribution in [0.25, 0.3) is 0 Å². The number of amides is 1. The number of carbonyl (C=O) groups excluding carboxylic acids is 2. The topological polar surface area (TPSA) is 68.3 Å². The highest BCUT2D eigenvalue weighted by molar-refractivity contribution is 6.30. The molecule has 0 N–H and O–H groups in total. The number of ether oxygens (including phenoxy) is 3. The van der Waals surface area contributed by atoms with Gasteiger partial charge in [-0.3, -0.25) is 4.79 Å². The van der Waals surface area contributed by atoms with Gasteiger partial charge in [0.1, 0.15) is 0 Å². The van der Waals surface area contributed by atoms with E-state index in [1.807, 2.05) is 24.3 Å². The first-order valence-electron chi connectivity index (χ1n) is 9.19. The summed E-state index contributed by atoms with van der Waals surface area (Å²) >= 11 is 6.06. The molecule has 1 amide bonds. The Bertz CT molecular complexity index is 881. The Morgan fingerprint density at radius 1 is 1.00 bits per heavy atom. The Balaban J connectivity index is 1.54. The fourth-order valence-corrected chi connectivity index (χ4v) is 3.33. The van der Waals surface area contributed by atoms with Crippen molar-refractivity contribution in [2.24, 2.45) is 0 Å². The number of esters is 1. The molecule has 2 aromatic rings. The fraction of sp³-hybridized carbons (Fsp3) is 0.333. The smallest absolute Gasteiger partial charge is 0.337 e. The minimum absolute atomic E-state index is 0.102. The Morgan fingerprint density at radius 3 is 2.41 bits per heavy atom. The lowest BCUT2D eigenvalue weighted by Gasteiger charge is -2.36. The van der Waals surface area contributed by atoms with Crippen LogP contribution < -0.4 is 14.4 Å². The summed E-state index contributed by atoms with van der Waals surface area (Å²) < 4.78 is 15.6. The van der Waals surface area contributed by atoms with E-state index in [0.29, 0.717) is 35.2 Å². The summed E-state index contributed by atoms with van der Waals surface area (Å²) in [5.41, 5.74) is 1.40. The van der Waals surface area contributed by atoms with Crippen molar-refractivity contribution in [3.63, 3.8) is 0 Å². The molecule has 0 atom stereocenters. The van der Waals surface area contributed by atoms with Crippen LogP contribution in [0.15, 0.2) is 42.5 Å². The Labute approximate surface area is 174 Å². The van der Waals surface area contributed by atoms with Crippen LogP contribution in [-0.4, -0.2) is 63.8 Å². The molecule has 1 aliphatic rings. The van der Waals surface area contributed by atoms with E-state index in [0.717, 1.165) is 18.8 Å². The number of hydrogen-bond acceptors (Lipinski definition) is 6. The number of rotatable bonds is 6. The van der Waals surface area contributed by atoms with Gasteiger partial charge in [0, 0.05) is 36.9 Å². The number of piperazine rings is 1. The van der Waals surface area contributed by atoms with Gasteiger partial charge in [0.15, 0.2) is 18.1 Å². The first-order chi connectivity index (χ1) is 14.0. The highest BCUT2D eigenvalue weighted by atomic mass is 35.5. The zero-order chi connectivity index (χ0) is 20.8. The minimum atomic E-state index is -0.469. The highest BCUT2D eigenvalue weighted by Crippen LogP contribution is 2.28. The number of nitrogens with zero attached hydrogens (tertiary/aromatic N) is 2. The average Bonchev–Trinajstić information content (AvgIpc) is 2.76. The molecule has 0 aromatic heterocycles. The molecule has 2 aromatic carbocycles. The lowest BCUT2D eigenvalue weighted by Crippen LogP contribution is -2.50. The second-order valence-corrected chi connectivity index (χ2v) is 6.93. The van der Waals surface area contributed by atoms with Crippen molar-refractivity contribution in [1.29, 1.82) is 0 Å². The third kappa shape index (κ3) is 5.12. The number of benzene rings is 2. The second kappa shape index (κ2) is 9.52. The van der Waals surface area contributed by atoms with E-state index in [4.69, 9.17) is 25.8 Å². The number of halogens is 1. The normalized spacial score (nSPS) is 13.8. The van der Waals surface area contributed by atoms with Crippen LogP contribution >= 0.6 is 11.6 Å². The van der Waals surface area contributed by atoms with Crippen molar-refractivity contribution < 1.29 is 23.8 Å². The molecule has 29 heavy (non-hydrogen) atoms. The first kappa shape index (κ1) is 20.8. The number of methoxy groups -OCH3 is 2. The molecule has 0 unspecified atom stereocenters. The predicted molar refractivity (Wildman–Crippen MR) is 110 cm³/mol. The average molecular weight is 419 g/mol. The quantitative estimate of drug-likeness (QED) is 0.672. The van der Waals surface area contributed by atoms with Gasteiger partial charge in [-0.1, -0.05) is 17.7 Å². The molecule has 154 valence electrons. The molecule has 1 heterocycles. The summed E-state index contributed by atoms with van der Waals surface area (Å²) in [5.74, 6) is 0.191. The predicted octanol–water partition coefficient (Wildman–Crippen LogP) is 2.86. The van der Waals surface area contributed by atoms with Crippen LogP contribution in [0.1, 0.15) is 10.4 Å². The SMILES string of the molecule is COC(=O)c1ccc(OCC(=O)N2CCN(c3cccc(Cl)c3)CC2)c(OC)c1. The molecular weight excluding hydrogens is 396 g/mol. The van der Waals surface area contributed by atoms with Crippen molar-refractivity contribution in [3.8, 4) is 11.5 Å². The fourth-order valence-electron chi connectivity index (χ4n) is 3.15. The van der Waals surface area contributed by atoms with Gasteiger partial charge in [-0.05, 0) is 36.4 Å². The summed E-state index contributed by atoms with van der Waals surface area (Å²) in [6, 6.07) is 12.4. The molecule has 0 saturated carbocycles. The minimum Gasteiger partial charge on any atom is -0.493 e. The Hall–Kier alpha value is -2.93. The van der Waals surface area contributed by atoms with E-state index in [1.54, 1.807) is 17.0 Å². The largest absolute Gasteiger partial charge is 0.493 e. The van der Waals surface area contributed by atoms with Gasteiger partial charge in [0.05, 0.1) is 19.8 Å². The van der Waals surface area contributed by atoms with Gasteiger partial charge in [-0.2, -0.15) is 0 Å². The van der Waals surface area contributed by atoms with Gasteiger partial charge in [-0.25, -0.2) is 4.79 Å². The van der Waals surface area contributed by atoms with Gasteiger partial charge in [-0.15, -0.1) is 0 Å². The van der Waals surface area contributed by atoms with E-state index in [-0.39, 0.29) is 12.5 Å². The highest BCUT2D eigenvalue weighted by Gasteiger charge is 2.22. The van der Waals surface area contributed by atoms with Crippen molar-refractivity contribution in [2.45, 2.75) is 0 Å². The van der Waals surface area contributed by atoms with Crippen molar-refractivity contribution >= 4 is 29.2 Å². The summed E-state index contributed by atoms with van der Waals surface area (Å²) in [6.45, 7) is 2.55. The molecule has 1 fully saturated rings. The van der Waals surface area contributed by atoms with E-state index in [1.165, 1.54) is 20.3 Å². The van der Waals surface area contributed by atoms with E-state index in [9.17, 15) is 9.59 Å². The zero-order valence-corrected chi connectivity index (χ0v) is 17.1. The van der Waals surface area contributed by atoms with Crippen LogP contribution in [-0.2, 0) is 9.53 Å². The molecule has 0 radical (unpaired) electrons. The zero-order valence-electron chi connectivity index (χ0n) is 16.4. The van der Waals surface area contributed by atoms with Crippen molar-refractivity contribution in [1.82, 2.24) is 4.90 Å². The van der Waals surface area contributed by atoms with Gasteiger partial charge >= 0.3 is 5.97 Å². The maximum atomic E-state index is 12.5. The summed E-state index contributed by atoms with van der Waals surface area (Å²) in [7, 11) is 2.78. The van der Waals surface area contributed by atoms with Crippen LogP contribution in [0.2, 0.25) is 5.02 Å². The van der Waals surface area contributed by atoms with Crippen molar-refractivity contribution in [3.05, 3.63) is 53.1 Å². The number of anilines is 1. The van der Waals surface area contributed by atoms with Crippen molar-refractivity contribution in [2.75, 3.05) is 51.9 Å². The molecule has 1 saturated heterocycles. The molecule has 7 nitrogen and oxygen atoms in total. The maximum Gasteiger partial charge on any atom is 0.337 e. The van der Waals surface area contributed by atoms with Crippen LogP contribution in [0.3, 0.4) is 0 Å². The summed E-state index contributed by atoms with van der Waals surface area (Å²) in [6.07, 6.45) is 0. The first-order valence-corrected chi connectivity index (χ1v) is 9.57. The van der Waals surface area contributed by atoms with E-state index < -0.39 is 5.97 Å². The summed E-state index contributed by atoms with van der Waals surface area (Å²) in [5, 5.41) is 0.696. The third-order valence-electron chi connectivity index (χ3n) is 4.74. The Morgan fingerprint density at radius 2 is 1.76 bits per heavy atom. The lowest BCUT2D eigenvalue weighted by molar-refractivity contribution is -0.133. The summed E-state index contributed by atoms with van der Waals surface area (Å²) in [4.78, 5) is 28.1. The van der Waals surface area contributed by atoms with Gasteiger partial charge in [0.2, 0.25) is 0 Å². The molecule has 3 rings (SSSR count). The van der Waals surface area contributed by atoms with Gasteiger partial charge in [0.25, 0.3) is 5.91 Å². The molecule has 0 aliphatic carbocycles. The standard InChI is InChI=1S/C21H23ClN2O5/c1-27-19-12-15(21(26)28-2)6-7-18(19)29-14-20(25)24-10-8-23(9-11-24)17-5-3-4-16(22)13-17/h3-7,12-13H,8-11,14H2,1-2H3. The van der Waals surface area contributed by atoms with E-state index >= 15 is 0 Å². The Kier molecular flexibility index (Phi) is 6.82. The van der Waals surface area contributed by atoms with Crippen LogP contribution in [0, 0.1) is 0 Å². The molecule has 8 heteroatoms. The number of carbonyl (C=O) groups is 2. The number of hydrogen-bond donors (Lipinski definition) is 0.